The van der Waals surface area contributed by atoms with Gasteiger partial charge in [-0.05, 0) is 61.6 Å². The number of aromatic nitrogens is 4. The van der Waals surface area contributed by atoms with Gasteiger partial charge < -0.3 is 11.1 Å². The number of pyridine rings is 1. The van der Waals surface area contributed by atoms with Crippen LogP contribution < -0.4 is 11.1 Å². The Hall–Kier alpha value is -3.70. The van der Waals surface area contributed by atoms with Crippen molar-refractivity contribution in [3.8, 4) is 11.3 Å². The minimum absolute atomic E-state index is 0.0102. The van der Waals surface area contributed by atoms with Crippen LogP contribution in [0.4, 0.5) is 20.4 Å². The van der Waals surface area contributed by atoms with E-state index in [1.807, 2.05) is 6.07 Å². The van der Waals surface area contributed by atoms with Gasteiger partial charge in [-0.2, -0.15) is 9.61 Å². The van der Waals surface area contributed by atoms with Crippen LogP contribution in [0, 0.1) is 11.6 Å². The zero-order chi connectivity index (χ0) is 25.6. The molecule has 5 rings (SSSR count). The highest BCUT2D eigenvalue weighted by atomic mass is 32.2. The van der Waals surface area contributed by atoms with Gasteiger partial charge in [-0.25, -0.2) is 22.2 Å². The molecule has 0 saturated heterocycles. The molecule has 2 atom stereocenters. The molecule has 1 aliphatic carbocycles. The van der Waals surface area contributed by atoms with Gasteiger partial charge in [0.2, 0.25) is 5.95 Å². The number of nitrogens with zero attached hydrogens (tertiary/aromatic N) is 4. The fourth-order valence-electron chi connectivity index (χ4n) is 4.64. The van der Waals surface area contributed by atoms with Gasteiger partial charge >= 0.3 is 0 Å². The van der Waals surface area contributed by atoms with Gasteiger partial charge in [0.25, 0.3) is 0 Å². The number of imidazole rings is 1. The third-order valence-electron chi connectivity index (χ3n) is 6.25. The van der Waals surface area contributed by atoms with Crippen LogP contribution in [0.5, 0.6) is 0 Å². The monoisotopic (exact) mass is 510 g/mol. The first-order valence-electron chi connectivity index (χ1n) is 11.3. The van der Waals surface area contributed by atoms with E-state index in [-0.39, 0.29) is 17.7 Å². The van der Waals surface area contributed by atoms with Crippen LogP contribution in [0.15, 0.2) is 65.5 Å². The number of nitrogens with one attached hydrogen (secondary N) is 1. The molecule has 36 heavy (non-hydrogen) atoms. The molecule has 11 heteroatoms. The summed E-state index contributed by atoms with van der Waals surface area (Å²) in [5.41, 5.74) is 9.37. The van der Waals surface area contributed by atoms with Gasteiger partial charge in [-0.3, -0.25) is 4.98 Å². The average Bonchev–Trinajstić information content (AvgIpc) is 3.20. The molecule has 8 nitrogen and oxygen atoms in total. The summed E-state index contributed by atoms with van der Waals surface area (Å²) in [6.07, 6.45) is 9.65. The third-order valence-corrected chi connectivity index (χ3v) is 7.34. The number of hydrogen-bond acceptors (Lipinski definition) is 7. The number of halogens is 2. The molecule has 3 N–H and O–H groups in total. The quantitative estimate of drug-likeness (QED) is 0.383. The first kappa shape index (κ1) is 24.0. The maximum absolute atomic E-state index is 14.8. The summed E-state index contributed by atoms with van der Waals surface area (Å²) >= 11 is 0. The highest BCUT2D eigenvalue weighted by molar-refractivity contribution is 7.90. The summed E-state index contributed by atoms with van der Waals surface area (Å²) in [5.74, 6) is -1.52. The van der Waals surface area contributed by atoms with Gasteiger partial charge in [0.1, 0.15) is 11.6 Å². The lowest BCUT2D eigenvalue weighted by atomic mass is 9.82. The van der Waals surface area contributed by atoms with E-state index in [2.05, 4.69) is 33.4 Å². The zero-order valence-corrected chi connectivity index (χ0v) is 20.4. The van der Waals surface area contributed by atoms with Crippen LogP contribution in [0.2, 0.25) is 0 Å². The van der Waals surface area contributed by atoms with Gasteiger partial charge in [-0.15, -0.1) is 0 Å². The molecule has 0 radical (unpaired) electrons. The zero-order valence-electron chi connectivity index (χ0n) is 19.6. The summed E-state index contributed by atoms with van der Waals surface area (Å²) in [7, 11) is -3.78. The van der Waals surface area contributed by atoms with Crippen molar-refractivity contribution in [2.75, 3.05) is 11.6 Å². The van der Waals surface area contributed by atoms with Crippen molar-refractivity contribution in [2.45, 2.75) is 36.6 Å². The molecule has 1 aromatic carbocycles. The van der Waals surface area contributed by atoms with Crippen molar-refractivity contribution in [1.29, 1.82) is 0 Å². The van der Waals surface area contributed by atoms with Crippen molar-refractivity contribution in [1.82, 2.24) is 19.6 Å². The molecule has 0 saturated carbocycles. The van der Waals surface area contributed by atoms with E-state index in [9.17, 15) is 17.2 Å². The summed E-state index contributed by atoms with van der Waals surface area (Å²) in [5, 5.41) is 7.65. The fourth-order valence-corrected chi connectivity index (χ4v) is 5.27. The lowest BCUT2D eigenvalue weighted by Gasteiger charge is -2.27. The van der Waals surface area contributed by atoms with Gasteiger partial charge in [-0.1, -0.05) is 11.6 Å². The molecule has 0 bridgehead atoms. The van der Waals surface area contributed by atoms with Crippen LogP contribution in [0.25, 0.3) is 16.8 Å². The topological polar surface area (TPSA) is 115 Å². The lowest BCUT2D eigenvalue weighted by Crippen LogP contribution is -2.25. The molecule has 0 spiro atoms. The number of sulfone groups is 1. The Labute approximate surface area is 206 Å². The van der Waals surface area contributed by atoms with Crippen LogP contribution >= 0.6 is 0 Å². The molecule has 3 heterocycles. The average molecular weight is 511 g/mol. The Morgan fingerprint density at radius 1 is 1.14 bits per heavy atom. The number of nitrogens with two attached hydrogens (primary N) is 1. The minimum atomic E-state index is -3.78. The summed E-state index contributed by atoms with van der Waals surface area (Å²) in [6, 6.07) is 6.58. The Balaban J connectivity index is 1.53. The summed E-state index contributed by atoms with van der Waals surface area (Å²) in [6.45, 7) is 2.06. The summed E-state index contributed by atoms with van der Waals surface area (Å²) in [4.78, 5) is 8.19. The number of hydrogen-bond donors (Lipinski definition) is 2. The van der Waals surface area contributed by atoms with E-state index in [0.29, 0.717) is 11.5 Å². The molecule has 186 valence electrons. The maximum atomic E-state index is 14.8. The largest absolute Gasteiger partial charge is 0.324 e. The summed E-state index contributed by atoms with van der Waals surface area (Å²) < 4.78 is 54.5. The number of anilines is 2. The SMILES string of the molecule is CC1=CC(N)CC(c2ccncc2Nc2ncc3ccc(-c4c(F)cc(S(C)(=O)=O)cc4F)nn23)C1. The first-order chi connectivity index (χ1) is 17.1. The standard InChI is InChI=1S/C25H24F2N6O2S/c1-14-7-15(9-16(28)8-14)19-5-6-29-13-23(19)31-25-30-12-17-3-4-22(32-33(17)25)24-20(26)10-18(11-21(24)27)36(2,34)35/h3-6,8,10-13,15-16H,7,9,28H2,1-2H3,(H,30,31). The van der Waals surface area contributed by atoms with Crippen molar-refractivity contribution in [3.63, 3.8) is 0 Å². The number of fused-ring (bicyclic) bond motifs is 1. The van der Waals surface area contributed by atoms with Gasteiger partial charge in [0.05, 0.1) is 39.8 Å². The number of benzene rings is 1. The van der Waals surface area contributed by atoms with Crippen molar-refractivity contribution < 1.29 is 17.2 Å². The van der Waals surface area contributed by atoms with Gasteiger partial charge in [0.15, 0.2) is 9.84 Å². The van der Waals surface area contributed by atoms with E-state index < -0.39 is 31.9 Å². The van der Waals surface area contributed by atoms with Crippen LogP contribution in [-0.4, -0.2) is 40.3 Å². The number of allylic oxidation sites excluding steroid dienone is 1. The van der Waals surface area contributed by atoms with Crippen LogP contribution in [0.3, 0.4) is 0 Å². The Kier molecular flexibility index (Phi) is 6.05. The fraction of sp³-hybridized carbons (Fsp3) is 0.240. The Morgan fingerprint density at radius 3 is 2.58 bits per heavy atom. The van der Waals surface area contributed by atoms with E-state index in [1.54, 1.807) is 24.7 Å². The van der Waals surface area contributed by atoms with E-state index in [1.165, 1.54) is 16.2 Å². The highest BCUT2D eigenvalue weighted by Crippen LogP contribution is 2.36. The molecule has 3 aromatic heterocycles. The first-order valence-corrected chi connectivity index (χ1v) is 13.2. The molecular formula is C25H24F2N6O2S. The third kappa shape index (κ3) is 4.59. The number of rotatable bonds is 5. The predicted molar refractivity (Wildman–Crippen MR) is 133 cm³/mol. The second-order valence-electron chi connectivity index (χ2n) is 9.07. The molecular weight excluding hydrogens is 486 g/mol. The van der Waals surface area contributed by atoms with E-state index >= 15 is 0 Å². The van der Waals surface area contributed by atoms with E-state index in [4.69, 9.17) is 5.73 Å². The second kappa shape index (κ2) is 9.07. The van der Waals surface area contributed by atoms with Crippen LogP contribution in [0.1, 0.15) is 31.2 Å². The predicted octanol–water partition coefficient (Wildman–Crippen LogP) is 4.37. The van der Waals surface area contributed by atoms with Crippen molar-refractivity contribution >= 4 is 27.0 Å². The van der Waals surface area contributed by atoms with Crippen molar-refractivity contribution in [2.24, 2.45) is 5.73 Å². The molecule has 2 unspecified atom stereocenters. The second-order valence-corrected chi connectivity index (χ2v) is 11.1. The smallest absolute Gasteiger partial charge is 0.229 e. The molecule has 4 aromatic rings. The Bertz CT molecular complexity index is 1590. The molecule has 0 aliphatic heterocycles. The Morgan fingerprint density at radius 2 is 1.89 bits per heavy atom. The normalized spacial score (nSPS) is 18.3. The minimum Gasteiger partial charge on any atom is -0.324 e. The van der Waals surface area contributed by atoms with Gasteiger partial charge in [0, 0.05) is 18.5 Å². The maximum Gasteiger partial charge on any atom is 0.229 e. The molecule has 0 fully saturated rings. The van der Waals surface area contributed by atoms with E-state index in [0.717, 1.165) is 42.5 Å². The molecule has 1 aliphatic rings. The van der Waals surface area contributed by atoms with Crippen molar-refractivity contribution in [3.05, 3.63) is 77.8 Å². The highest BCUT2D eigenvalue weighted by Gasteiger charge is 2.24. The lowest BCUT2D eigenvalue weighted by molar-refractivity contribution is 0.545. The van der Waals surface area contributed by atoms with Crippen LogP contribution in [-0.2, 0) is 9.84 Å². The molecule has 0 amide bonds.